The molecule has 39 heavy (non-hydrogen) atoms. The average molecular weight is 528 g/mol. The molecule has 4 aromatic carbocycles. The van der Waals surface area contributed by atoms with Gasteiger partial charge in [0.15, 0.2) is 5.13 Å². The highest BCUT2D eigenvalue weighted by molar-refractivity contribution is 7.14. The predicted molar refractivity (Wildman–Crippen MR) is 154 cm³/mol. The number of fused-ring (bicyclic) bond motifs is 2. The summed E-state index contributed by atoms with van der Waals surface area (Å²) >= 11 is 1.41. The van der Waals surface area contributed by atoms with Crippen LogP contribution in [0.5, 0.6) is 0 Å². The molecule has 6 heteroatoms. The van der Waals surface area contributed by atoms with E-state index in [4.69, 9.17) is 4.98 Å². The first-order chi connectivity index (χ1) is 18.9. The molecule has 1 heterocycles. The highest BCUT2D eigenvalue weighted by Crippen LogP contribution is 2.72. The molecule has 9 rings (SSSR count). The minimum atomic E-state index is -1.12. The Balaban J connectivity index is 1.20. The summed E-state index contributed by atoms with van der Waals surface area (Å²) in [5.74, 6) is -0.699. The van der Waals surface area contributed by atoms with Crippen molar-refractivity contribution in [3.05, 3.63) is 118 Å². The van der Waals surface area contributed by atoms with Gasteiger partial charge < -0.3 is 5.32 Å². The monoisotopic (exact) mass is 527 g/mol. The quantitative estimate of drug-likeness (QED) is 0.289. The van der Waals surface area contributed by atoms with Gasteiger partial charge in [0.05, 0.1) is 5.69 Å². The maximum atomic E-state index is 14.4. The molecular weight excluding hydrogens is 502 g/mol. The molecule has 0 radical (unpaired) electrons. The summed E-state index contributed by atoms with van der Waals surface area (Å²) in [6, 6.07) is 27.3. The molecule has 4 aliphatic carbocycles. The highest BCUT2D eigenvalue weighted by atomic mass is 32.1. The van der Waals surface area contributed by atoms with Gasteiger partial charge in [0.25, 0.3) is 5.91 Å². The Morgan fingerprint density at radius 2 is 1.64 bits per heavy atom. The molecular formula is C33H25N3O2S. The van der Waals surface area contributed by atoms with Crippen molar-refractivity contribution in [1.82, 2.24) is 10.3 Å². The normalized spacial score (nSPS) is 23.2. The lowest BCUT2D eigenvalue weighted by molar-refractivity contribution is -0.131. The summed E-state index contributed by atoms with van der Waals surface area (Å²) in [5.41, 5.74) is 7.77. The number of hydrogen-bond acceptors (Lipinski definition) is 4. The molecule has 5 aromatic rings. The van der Waals surface area contributed by atoms with Crippen molar-refractivity contribution >= 4 is 39.1 Å². The van der Waals surface area contributed by atoms with E-state index in [0.717, 1.165) is 27.8 Å². The Labute approximate surface area is 229 Å². The maximum absolute atomic E-state index is 14.4. The van der Waals surface area contributed by atoms with Crippen molar-refractivity contribution in [2.75, 3.05) is 5.32 Å². The topological polar surface area (TPSA) is 71.1 Å². The van der Waals surface area contributed by atoms with E-state index in [1.54, 1.807) is 0 Å². The fourth-order valence-electron chi connectivity index (χ4n) is 7.49. The average Bonchev–Trinajstić information content (AvgIpc) is 3.35. The van der Waals surface area contributed by atoms with Crippen molar-refractivity contribution in [2.24, 2.45) is 0 Å². The summed E-state index contributed by atoms with van der Waals surface area (Å²) in [7, 11) is 0. The molecule has 2 N–H and O–H groups in total. The fraction of sp³-hybridized carbons (Fsp3) is 0.182. The number of carbonyl (C=O) groups is 2. The van der Waals surface area contributed by atoms with Crippen LogP contribution in [0.2, 0.25) is 0 Å². The molecule has 0 fully saturated rings. The van der Waals surface area contributed by atoms with Crippen molar-refractivity contribution in [3.8, 4) is 11.3 Å². The summed E-state index contributed by atoms with van der Waals surface area (Å²) in [4.78, 5) is 31.9. The van der Waals surface area contributed by atoms with Crippen molar-refractivity contribution in [1.29, 1.82) is 0 Å². The van der Waals surface area contributed by atoms with Gasteiger partial charge in [-0.1, -0.05) is 78.9 Å². The predicted octanol–water partition coefficient (Wildman–Crippen LogP) is 6.28. The second kappa shape index (κ2) is 7.64. The van der Waals surface area contributed by atoms with Gasteiger partial charge in [0.2, 0.25) is 5.91 Å². The van der Waals surface area contributed by atoms with Crippen molar-refractivity contribution in [3.63, 3.8) is 0 Å². The van der Waals surface area contributed by atoms with Crippen LogP contribution in [0.25, 0.3) is 22.0 Å². The Bertz CT molecular complexity index is 1890. The first kappa shape index (κ1) is 22.7. The van der Waals surface area contributed by atoms with E-state index in [0.29, 0.717) is 11.6 Å². The number of thiazole rings is 1. The first-order valence-electron chi connectivity index (χ1n) is 13.2. The second-order valence-electron chi connectivity index (χ2n) is 11.0. The Morgan fingerprint density at radius 1 is 0.897 bits per heavy atom. The van der Waals surface area contributed by atoms with Gasteiger partial charge in [0, 0.05) is 29.2 Å². The Hall–Kier alpha value is -4.29. The molecule has 0 aliphatic heterocycles. The summed E-state index contributed by atoms with van der Waals surface area (Å²) in [6.07, 6.45) is 0.514. The van der Waals surface area contributed by atoms with Gasteiger partial charge in [-0.15, -0.1) is 11.3 Å². The maximum Gasteiger partial charge on any atom is 0.252 e. The van der Waals surface area contributed by atoms with E-state index in [-0.39, 0.29) is 23.1 Å². The minimum Gasteiger partial charge on any atom is -0.341 e. The van der Waals surface area contributed by atoms with Crippen LogP contribution in [0.3, 0.4) is 0 Å². The van der Waals surface area contributed by atoms with Crippen LogP contribution < -0.4 is 10.6 Å². The third-order valence-electron chi connectivity index (χ3n) is 8.95. The van der Waals surface area contributed by atoms with E-state index in [2.05, 4.69) is 78.2 Å². The number of amides is 2. The lowest BCUT2D eigenvalue weighted by Crippen LogP contribution is -2.65. The Morgan fingerprint density at radius 3 is 2.49 bits per heavy atom. The van der Waals surface area contributed by atoms with E-state index in [9.17, 15) is 9.59 Å². The minimum absolute atomic E-state index is 0.215. The summed E-state index contributed by atoms with van der Waals surface area (Å²) < 4.78 is 0. The number of hydrogen-bond donors (Lipinski definition) is 2. The van der Waals surface area contributed by atoms with E-state index >= 15 is 0 Å². The van der Waals surface area contributed by atoms with Crippen LogP contribution in [-0.4, -0.2) is 22.3 Å². The number of carbonyl (C=O) groups excluding carboxylic acids is 2. The molecule has 4 aliphatic rings. The van der Waals surface area contributed by atoms with Gasteiger partial charge in [-0.2, -0.15) is 0 Å². The van der Waals surface area contributed by atoms with E-state index in [1.165, 1.54) is 45.9 Å². The number of nitrogens with zero attached hydrogens (tertiary/aromatic N) is 1. The molecule has 0 saturated carbocycles. The van der Waals surface area contributed by atoms with Gasteiger partial charge in [-0.05, 0) is 57.5 Å². The number of nitrogens with one attached hydrogen (secondary N) is 2. The molecule has 2 bridgehead atoms. The summed E-state index contributed by atoms with van der Waals surface area (Å²) in [6.45, 7) is 3.60. The van der Waals surface area contributed by atoms with Gasteiger partial charge in [-0.25, -0.2) is 4.98 Å². The molecule has 0 saturated heterocycles. The van der Waals surface area contributed by atoms with Crippen molar-refractivity contribution in [2.45, 2.75) is 37.1 Å². The number of benzene rings is 4. The molecule has 3 unspecified atom stereocenters. The molecule has 1 spiro atoms. The SMILES string of the molecule is CC(=O)NC1(C(=O)Nc2nc(-c3ccc(C)c4ccccc34)cs2)CC23c4ccccc4C1c1cccc2c13. The zero-order chi connectivity index (χ0) is 26.5. The van der Waals surface area contributed by atoms with Crippen LogP contribution in [0.4, 0.5) is 5.13 Å². The highest BCUT2D eigenvalue weighted by Gasteiger charge is 2.70. The third-order valence-corrected chi connectivity index (χ3v) is 9.70. The summed E-state index contributed by atoms with van der Waals surface area (Å²) in [5, 5.41) is 11.1. The second-order valence-corrected chi connectivity index (χ2v) is 11.9. The van der Waals surface area contributed by atoms with E-state index in [1.807, 2.05) is 23.6 Å². The van der Waals surface area contributed by atoms with Crippen LogP contribution in [0, 0.1) is 6.92 Å². The number of rotatable bonds is 4. The number of aryl methyl sites for hydroxylation is 1. The van der Waals surface area contributed by atoms with Crippen LogP contribution in [0.15, 0.2) is 84.2 Å². The molecule has 3 atom stereocenters. The van der Waals surface area contributed by atoms with Gasteiger partial charge in [0.1, 0.15) is 5.54 Å². The van der Waals surface area contributed by atoms with Crippen molar-refractivity contribution < 1.29 is 9.59 Å². The van der Waals surface area contributed by atoms with Crippen LogP contribution >= 0.6 is 11.3 Å². The zero-order valence-corrected chi connectivity index (χ0v) is 22.4. The molecule has 5 nitrogen and oxygen atoms in total. The van der Waals surface area contributed by atoms with Crippen LogP contribution in [-0.2, 0) is 15.0 Å². The molecule has 1 aromatic heterocycles. The zero-order valence-electron chi connectivity index (χ0n) is 21.5. The standard InChI is InChI=1S/C33H25N3O2S/c1-18-14-15-22(21-9-4-3-8-20(18)21)27-16-39-31(34-27)35-30(38)33(36-19(2)37)17-32-25-12-6-5-10-23(25)28(33)24-11-7-13-26(32)29(24)32/h3-16,28H,17H2,1-2H3,(H,36,37)(H,34,35,38). The van der Waals surface area contributed by atoms with Gasteiger partial charge in [-0.3, -0.25) is 14.9 Å². The number of aromatic nitrogens is 1. The van der Waals surface area contributed by atoms with Gasteiger partial charge >= 0.3 is 0 Å². The molecule has 2 amide bonds. The smallest absolute Gasteiger partial charge is 0.252 e. The number of anilines is 1. The largest absolute Gasteiger partial charge is 0.341 e. The fourth-order valence-corrected chi connectivity index (χ4v) is 8.20. The lowest BCUT2D eigenvalue weighted by Gasteiger charge is -2.50. The third kappa shape index (κ3) is 2.87. The Kier molecular flexibility index (Phi) is 4.44. The molecule has 190 valence electrons. The van der Waals surface area contributed by atoms with Crippen LogP contribution in [0.1, 0.15) is 52.6 Å². The lowest BCUT2D eigenvalue weighted by atomic mass is 9.56. The van der Waals surface area contributed by atoms with E-state index < -0.39 is 5.54 Å². The first-order valence-corrected chi connectivity index (χ1v) is 14.1.